The molecule has 0 aliphatic carbocycles. The summed E-state index contributed by atoms with van der Waals surface area (Å²) in [6, 6.07) is 2.78. The Hall–Kier alpha value is -7.00. The highest BCUT2D eigenvalue weighted by Gasteiger charge is 2.66. The fourth-order valence-electron chi connectivity index (χ4n) is 15.5. The third-order valence-electron chi connectivity index (χ3n) is 20.7. The molecular formula is C62H91N13O14P+. The van der Waals surface area contributed by atoms with E-state index >= 15 is 0 Å². The van der Waals surface area contributed by atoms with E-state index in [-0.39, 0.29) is 77.2 Å². The lowest BCUT2D eigenvalue weighted by Crippen LogP contribution is -2.56. The van der Waals surface area contributed by atoms with Crippen LogP contribution in [0.2, 0.25) is 0 Å². The number of aromatic amines is 1. The molecule has 0 saturated carbocycles. The molecule has 7 amide bonds. The molecule has 6 aliphatic rings. The summed E-state index contributed by atoms with van der Waals surface area (Å²) in [6.07, 6.45) is -4.04. The van der Waals surface area contributed by atoms with E-state index in [1.54, 1.807) is 10.9 Å². The predicted octanol–water partition coefficient (Wildman–Crippen LogP) is 2.58. The number of hydrogen-bond donors (Lipinski definition) is 12. The number of H-pyrrole nitrogens is 1. The molecule has 2 fully saturated rings. The topological polar surface area (TPSA) is 462 Å². The number of aryl methyl sites for hydroxylation is 2. The van der Waals surface area contributed by atoms with Gasteiger partial charge < -0.3 is 64.9 Å². The van der Waals surface area contributed by atoms with Gasteiger partial charge in [-0.3, -0.25) is 57.6 Å². The Labute approximate surface area is 523 Å². The Balaban J connectivity index is 1.19. The van der Waals surface area contributed by atoms with Crippen LogP contribution < -0.4 is 49.6 Å². The minimum Gasteiger partial charge on any atom is -0.394 e. The molecule has 7 heterocycles. The molecule has 15 atom stereocenters. The number of nitrogens with one attached hydrogen (secondary N) is 3. The number of phosphoric ester groups is 1. The smallest absolute Gasteiger partial charge is 0.394 e. The Morgan fingerprint density at radius 3 is 1.99 bits per heavy atom. The zero-order chi connectivity index (χ0) is 66.7. The molecule has 28 heteroatoms. The summed E-state index contributed by atoms with van der Waals surface area (Å²) < 4.78 is 32.4. The fourth-order valence-corrected chi connectivity index (χ4v) is 16.7. The van der Waals surface area contributed by atoms with Crippen molar-refractivity contribution in [3.8, 4) is 0 Å². The molecule has 0 radical (unpaired) electrons. The molecule has 18 N–H and O–H groups in total. The van der Waals surface area contributed by atoms with Gasteiger partial charge in [-0.1, -0.05) is 34.6 Å². The normalized spacial score (nSPS) is 34.2. The van der Waals surface area contributed by atoms with Gasteiger partial charge in [0, 0.05) is 131 Å². The second-order valence-electron chi connectivity index (χ2n) is 27.1. The first kappa shape index (κ1) is 68.9. The van der Waals surface area contributed by atoms with Crippen molar-refractivity contribution in [2.75, 3.05) is 13.2 Å². The number of fused-ring (bicyclic) bond motifs is 7. The van der Waals surface area contributed by atoms with Gasteiger partial charge in [0.2, 0.25) is 53.9 Å². The van der Waals surface area contributed by atoms with Crippen LogP contribution in [0, 0.1) is 59.2 Å². The Bertz CT molecular complexity index is 3540. The molecule has 90 heavy (non-hydrogen) atoms. The van der Waals surface area contributed by atoms with Gasteiger partial charge in [-0.05, 0) is 108 Å². The second kappa shape index (κ2) is 25.6. The molecule has 8 rings (SSSR count). The largest absolute Gasteiger partial charge is 0.472 e. The van der Waals surface area contributed by atoms with Crippen LogP contribution in [0.4, 0.5) is 0 Å². The number of benzene rings is 1. The number of aliphatic hydroxyl groups excluding tert-OH is 2. The van der Waals surface area contributed by atoms with Crippen molar-refractivity contribution in [3.63, 3.8) is 0 Å². The van der Waals surface area contributed by atoms with Gasteiger partial charge in [0.05, 0.1) is 24.3 Å². The Morgan fingerprint density at radius 1 is 0.800 bits per heavy atom. The second-order valence-corrected chi connectivity index (χ2v) is 28.5. The molecule has 6 aliphatic heterocycles. The highest BCUT2D eigenvalue weighted by atomic mass is 31.2. The lowest BCUT2D eigenvalue weighted by Gasteiger charge is -2.48. The molecule has 1 aromatic heterocycles. The zero-order valence-corrected chi connectivity index (χ0v) is 54.2. The van der Waals surface area contributed by atoms with Gasteiger partial charge >= 0.3 is 7.82 Å². The first-order valence-electron chi connectivity index (χ1n) is 30.6. The molecule has 2 unspecified atom stereocenters. The third-order valence-corrected chi connectivity index (χ3v) is 21.8. The van der Waals surface area contributed by atoms with Gasteiger partial charge in [0.1, 0.15) is 18.3 Å². The molecule has 27 nitrogen and oxygen atoms in total. The van der Waals surface area contributed by atoms with Crippen molar-refractivity contribution in [1.82, 2.24) is 15.6 Å². The van der Waals surface area contributed by atoms with E-state index in [2.05, 4.69) is 15.6 Å². The van der Waals surface area contributed by atoms with E-state index in [1.165, 1.54) is 6.92 Å². The van der Waals surface area contributed by atoms with E-state index < -0.39 is 143 Å². The van der Waals surface area contributed by atoms with Crippen molar-refractivity contribution in [1.29, 1.82) is 0 Å². The van der Waals surface area contributed by atoms with Gasteiger partial charge in [0.25, 0.3) is 0 Å². The summed E-state index contributed by atoms with van der Waals surface area (Å²) in [6.45, 7) is 19.3. The average molecular weight is 1270 g/mol. The quantitative estimate of drug-likeness (QED) is 0.0476. The first-order valence-corrected chi connectivity index (χ1v) is 32.1. The molecule has 2 aromatic rings. The minimum absolute atomic E-state index is 0.00918. The van der Waals surface area contributed by atoms with E-state index in [0.29, 0.717) is 50.9 Å². The maximum atomic E-state index is 14.4. The number of allylic oxidation sites excluding steroid dienone is 6. The van der Waals surface area contributed by atoms with E-state index in [4.69, 9.17) is 63.2 Å². The van der Waals surface area contributed by atoms with Crippen molar-refractivity contribution in [2.24, 2.45) is 94.7 Å². The van der Waals surface area contributed by atoms with Crippen molar-refractivity contribution < 1.29 is 71.6 Å². The van der Waals surface area contributed by atoms with Crippen molar-refractivity contribution in [3.05, 3.63) is 63.9 Å². The SMILES string of the molecule is C/C1=C2N=C(/C=C3\N/C(=C(/C)C4=N[C@@](C)([C@@H]5N=C1[C@](C)(CCC(=O)NCC(C)OP(=O)(O)O[C@H]1[C@@H](O)[C@@H]([n+]6c[nH]c7cc(C)c(C)cc76)O[C@@H]1CO)[C@H]5CC(N)=O)[C@@](C)(CC(N)=O)[C@@H]4CCC(N)=O)[C@@](C)(CC(N)=O)[C@@H]3CCC(N)=O)C(C)(C)[C@@H]/2CCC(N)=O. The molecule has 492 valence electrons. The molecule has 0 spiro atoms. The first-order chi connectivity index (χ1) is 41.8. The lowest BCUT2D eigenvalue weighted by molar-refractivity contribution is -0.743. The molecule has 8 bridgehead atoms. The van der Waals surface area contributed by atoms with Crippen LogP contribution in [0.3, 0.4) is 0 Å². The van der Waals surface area contributed by atoms with Gasteiger partial charge in [-0.15, -0.1) is 0 Å². The number of imidazole rings is 1. The minimum atomic E-state index is -5.06. The number of ether oxygens (including phenoxy) is 1. The third kappa shape index (κ3) is 13.0. The number of carbonyl (C=O) groups excluding carboxylic acids is 7. The van der Waals surface area contributed by atoms with Crippen LogP contribution in [0.25, 0.3) is 11.0 Å². The van der Waals surface area contributed by atoms with Gasteiger partial charge in [-0.2, -0.15) is 4.57 Å². The summed E-state index contributed by atoms with van der Waals surface area (Å²) in [5.74, 6) is -7.17. The standard InChI is InChI=1S/C62H90N13O14P/c1-29-20-39-40(21-30(29)2)75(28-70-39)57-52(84)53(41(27-76)87-57)89-90(85,86)88-31(3)26-69-49(83)18-19-59(8)37(22-46(66)80)56-62(11)61(10,25-48(68)82)36(14-17-45(65)79)51(74-62)33(5)55-60(9,24-47(67)81)34(12-15-43(63)77)38(71-55)23-42-58(6,7)35(13-16-44(64)78)50(72-42)32(4)54(59)73-56/h20-21,23,28,31,34-37,41,52-53,56-57,76,84H,12-19,22,24-27H2,1-11H3,(H15,63,64,65,66,67,68,69,71,72,73,74,77,78,79,80,81,82,83,85,86)/p+1/t31?,34-,35-,36-,37+,41-,52-,53-,56-,57+,59-,60+,61+,62+/m1/s1. The molecule has 1 aromatic carbocycles. The maximum absolute atomic E-state index is 14.4. The van der Waals surface area contributed by atoms with Crippen LogP contribution in [0.15, 0.2) is 67.8 Å². The van der Waals surface area contributed by atoms with Gasteiger partial charge in [-0.25, -0.2) is 9.55 Å². The summed E-state index contributed by atoms with van der Waals surface area (Å²) in [4.78, 5) is 124. The zero-order valence-electron chi connectivity index (χ0n) is 53.3. The number of nitrogens with zero attached hydrogens (tertiary/aromatic N) is 4. The summed E-state index contributed by atoms with van der Waals surface area (Å²) >= 11 is 0. The summed E-state index contributed by atoms with van der Waals surface area (Å²) in [5, 5.41) is 28.2. The number of phosphoric acid groups is 1. The summed E-state index contributed by atoms with van der Waals surface area (Å²) in [5.41, 5.74) is 37.6. The molecule has 2 saturated heterocycles. The van der Waals surface area contributed by atoms with E-state index in [9.17, 15) is 53.2 Å². The fraction of sp³-hybridized carbons (Fsp3) is 0.629. The number of aliphatic hydroxyl groups is 2. The Kier molecular flexibility index (Phi) is 19.6. The van der Waals surface area contributed by atoms with Crippen LogP contribution in [0.5, 0.6) is 0 Å². The number of amides is 7. The maximum Gasteiger partial charge on any atom is 0.472 e. The predicted molar refractivity (Wildman–Crippen MR) is 332 cm³/mol. The van der Waals surface area contributed by atoms with Crippen LogP contribution >= 0.6 is 7.82 Å². The number of primary amides is 6. The number of rotatable bonds is 26. The Morgan fingerprint density at radius 2 is 1.40 bits per heavy atom. The number of nitrogens with two attached hydrogens (primary N) is 6. The van der Waals surface area contributed by atoms with E-state index in [1.807, 2.05) is 87.4 Å². The van der Waals surface area contributed by atoms with Gasteiger partial charge in [0.15, 0.2) is 11.0 Å². The monoisotopic (exact) mass is 1270 g/mol. The van der Waals surface area contributed by atoms with E-state index in [0.717, 1.165) is 16.6 Å². The van der Waals surface area contributed by atoms with Crippen LogP contribution in [-0.2, 0) is 51.9 Å². The highest BCUT2D eigenvalue weighted by molar-refractivity contribution is 7.47. The summed E-state index contributed by atoms with van der Waals surface area (Å²) in [7, 11) is -5.06. The van der Waals surface area contributed by atoms with Crippen molar-refractivity contribution in [2.45, 2.75) is 189 Å². The lowest BCUT2D eigenvalue weighted by atomic mass is 9.55. The van der Waals surface area contributed by atoms with Crippen LogP contribution in [0.1, 0.15) is 150 Å². The number of aliphatic imine (C=N–C) groups is 3. The number of hydrogen-bond acceptors (Lipinski definition) is 17. The van der Waals surface area contributed by atoms with Crippen LogP contribution in [-0.4, -0.2) is 128 Å². The number of aromatic nitrogens is 2. The molecular weight excluding hydrogens is 1180 g/mol. The average Bonchev–Trinajstić information content (AvgIpc) is 1.53. The van der Waals surface area contributed by atoms with Crippen molar-refractivity contribution >= 4 is 77.3 Å². The number of carbonyl (C=O) groups is 7. The highest BCUT2D eigenvalue weighted by Crippen LogP contribution is 2.62.